The first-order valence-corrected chi connectivity index (χ1v) is 9.56. The zero-order valence-corrected chi connectivity index (χ0v) is 15.5. The predicted octanol–water partition coefficient (Wildman–Crippen LogP) is 3.55. The molecule has 26 heavy (non-hydrogen) atoms. The van der Waals surface area contributed by atoms with Crippen molar-refractivity contribution in [3.63, 3.8) is 0 Å². The molecule has 136 valence electrons. The second-order valence-corrected chi connectivity index (χ2v) is 7.35. The average Bonchev–Trinajstić information content (AvgIpc) is 3.11. The summed E-state index contributed by atoms with van der Waals surface area (Å²) >= 11 is 5.86. The van der Waals surface area contributed by atoms with Crippen LogP contribution in [0.5, 0.6) is 5.75 Å². The van der Waals surface area contributed by atoms with Crippen LogP contribution >= 0.6 is 11.6 Å². The smallest absolute Gasteiger partial charge is 0.260 e. The monoisotopic (exact) mass is 370 g/mol. The number of amides is 1. The number of hydrogen-bond acceptors (Lipinski definition) is 3. The summed E-state index contributed by atoms with van der Waals surface area (Å²) in [5.41, 5.74) is 2.95. The third-order valence-corrected chi connectivity index (χ3v) is 5.64. The summed E-state index contributed by atoms with van der Waals surface area (Å²) in [4.78, 5) is 16.9. The number of ether oxygens (including phenoxy) is 1. The molecular weight excluding hydrogens is 348 g/mol. The summed E-state index contributed by atoms with van der Waals surface area (Å²) in [6.45, 7) is 3.45. The molecule has 1 unspecified atom stereocenters. The van der Waals surface area contributed by atoms with E-state index < -0.39 is 0 Å². The zero-order chi connectivity index (χ0) is 17.9. The first kappa shape index (κ1) is 17.4. The van der Waals surface area contributed by atoms with Crippen molar-refractivity contribution in [2.45, 2.75) is 18.9 Å². The average molecular weight is 371 g/mol. The fourth-order valence-electron chi connectivity index (χ4n) is 3.96. The molecule has 1 fully saturated rings. The van der Waals surface area contributed by atoms with Crippen LogP contribution in [-0.4, -0.2) is 48.5 Å². The molecule has 1 aliphatic heterocycles. The lowest BCUT2D eigenvalue weighted by Crippen LogP contribution is -2.50. The van der Waals surface area contributed by atoms with Crippen molar-refractivity contribution in [2.24, 2.45) is 0 Å². The van der Waals surface area contributed by atoms with Crippen LogP contribution in [0.2, 0.25) is 5.02 Å². The highest BCUT2D eigenvalue weighted by atomic mass is 35.5. The van der Waals surface area contributed by atoms with Gasteiger partial charge >= 0.3 is 0 Å². The minimum atomic E-state index is 0.0476. The number of benzene rings is 2. The fourth-order valence-corrected chi connectivity index (χ4v) is 4.09. The molecule has 2 aromatic carbocycles. The third-order valence-electron chi connectivity index (χ3n) is 5.38. The van der Waals surface area contributed by atoms with E-state index in [2.05, 4.69) is 29.2 Å². The lowest BCUT2D eigenvalue weighted by Gasteiger charge is -2.38. The van der Waals surface area contributed by atoms with Crippen LogP contribution in [0.1, 0.15) is 23.6 Å². The van der Waals surface area contributed by atoms with Crippen LogP contribution in [0, 0.1) is 0 Å². The Kier molecular flexibility index (Phi) is 5.14. The summed E-state index contributed by atoms with van der Waals surface area (Å²) < 4.78 is 5.59. The van der Waals surface area contributed by atoms with Crippen molar-refractivity contribution in [3.05, 3.63) is 64.7 Å². The van der Waals surface area contributed by atoms with Gasteiger partial charge in [0.15, 0.2) is 6.61 Å². The van der Waals surface area contributed by atoms with E-state index in [1.807, 2.05) is 4.90 Å². The molecule has 2 aromatic rings. The molecule has 0 bridgehead atoms. The van der Waals surface area contributed by atoms with Crippen LogP contribution in [-0.2, 0) is 11.2 Å². The second kappa shape index (κ2) is 7.68. The Labute approximate surface area is 159 Å². The van der Waals surface area contributed by atoms with E-state index in [0.29, 0.717) is 16.8 Å². The highest BCUT2D eigenvalue weighted by molar-refractivity contribution is 6.30. The molecule has 0 spiro atoms. The summed E-state index contributed by atoms with van der Waals surface area (Å²) in [7, 11) is 0. The number of hydrogen-bond donors (Lipinski definition) is 0. The van der Waals surface area contributed by atoms with Gasteiger partial charge in [0.25, 0.3) is 5.91 Å². The van der Waals surface area contributed by atoms with E-state index in [9.17, 15) is 4.79 Å². The Morgan fingerprint density at radius 1 is 1.04 bits per heavy atom. The molecule has 2 aliphatic rings. The molecule has 1 aliphatic carbocycles. The molecule has 0 N–H and O–H groups in total. The zero-order valence-electron chi connectivity index (χ0n) is 14.7. The van der Waals surface area contributed by atoms with Crippen LogP contribution in [0.15, 0.2) is 48.5 Å². The van der Waals surface area contributed by atoms with Gasteiger partial charge in [0.1, 0.15) is 5.75 Å². The molecule has 1 amide bonds. The third kappa shape index (κ3) is 3.71. The lowest BCUT2D eigenvalue weighted by molar-refractivity contribution is -0.135. The topological polar surface area (TPSA) is 32.8 Å². The van der Waals surface area contributed by atoms with Gasteiger partial charge in [0.05, 0.1) is 0 Å². The van der Waals surface area contributed by atoms with Gasteiger partial charge in [-0.25, -0.2) is 0 Å². The number of carbonyl (C=O) groups is 1. The van der Waals surface area contributed by atoms with E-state index >= 15 is 0 Å². The number of halogens is 1. The first-order chi connectivity index (χ1) is 12.7. The Morgan fingerprint density at radius 3 is 2.54 bits per heavy atom. The first-order valence-electron chi connectivity index (χ1n) is 9.19. The highest BCUT2D eigenvalue weighted by Crippen LogP contribution is 2.35. The Balaban J connectivity index is 1.28. The largest absolute Gasteiger partial charge is 0.484 e. The summed E-state index contributed by atoms with van der Waals surface area (Å²) in [5, 5.41) is 0.660. The summed E-state index contributed by atoms with van der Waals surface area (Å²) in [6, 6.07) is 16.3. The standard InChI is InChI=1S/C21H23ClN2O2/c22-17-6-8-18(9-7-17)26-15-21(25)24-13-11-23(12-14-24)20-10-5-16-3-1-2-4-19(16)20/h1-4,6-9,20H,5,10-15H2. The van der Waals surface area contributed by atoms with Gasteiger partial charge in [0, 0.05) is 37.2 Å². The van der Waals surface area contributed by atoms with Crippen LogP contribution in [0.3, 0.4) is 0 Å². The molecule has 0 saturated carbocycles. The lowest BCUT2D eigenvalue weighted by atomic mass is 10.1. The van der Waals surface area contributed by atoms with E-state index in [-0.39, 0.29) is 12.5 Å². The SMILES string of the molecule is O=C(COc1ccc(Cl)cc1)N1CCN(C2CCc3ccccc32)CC1. The van der Waals surface area contributed by atoms with Crippen molar-refractivity contribution >= 4 is 17.5 Å². The molecule has 1 atom stereocenters. The van der Waals surface area contributed by atoms with E-state index in [1.165, 1.54) is 17.5 Å². The maximum Gasteiger partial charge on any atom is 0.260 e. The molecule has 1 saturated heterocycles. The highest BCUT2D eigenvalue weighted by Gasteiger charge is 2.31. The van der Waals surface area contributed by atoms with Gasteiger partial charge in [-0.05, 0) is 48.2 Å². The van der Waals surface area contributed by atoms with Crippen LogP contribution < -0.4 is 4.74 Å². The Hall–Kier alpha value is -2.04. The molecule has 4 nitrogen and oxygen atoms in total. The quantitative estimate of drug-likeness (QED) is 0.825. The fraction of sp³-hybridized carbons (Fsp3) is 0.381. The molecule has 0 radical (unpaired) electrons. The van der Waals surface area contributed by atoms with Crippen molar-refractivity contribution in [1.29, 1.82) is 0 Å². The van der Waals surface area contributed by atoms with Crippen LogP contribution in [0.25, 0.3) is 0 Å². The molecule has 1 heterocycles. The molecule has 0 aromatic heterocycles. The van der Waals surface area contributed by atoms with Gasteiger partial charge < -0.3 is 9.64 Å². The summed E-state index contributed by atoms with van der Waals surface area (Å²) in [6.07, 6.45) is 2.35. The van der Waals surface area contributed by atoms with Crippen LogP contribution in [0.4, 0.5) is 0 Å². The minimum Gasteiger partial charge on any atom is -0.484 e. The van der Waals surface area contributed by atoms with Crippen molar-refractivity contribution < 1.29 is 9.53 Å². The number of aryl methyl sites for hydroxylation is 1. The van der Waals surface area contributed by atoms with Gasteiger partial charge in [-0.1, -0.05) is 35.9 Å². The number of piperazine rings is 1. The second-order valence-electron chi connectivity index (χ2n) is 6.91. The molecule has 4 rings (SSSR count). The van der Waals surface area contributed by atoms with E-state index in [0.717, 1.165) is 32.6 Å². The van der Waals surface area contributed by atoms with Gasteiger partial charge in [-0.2, -0.15) is 0 Å². The number of rotatable bonds is 4. The maximum atomic E-state index is 12.4. The number of nitrogens with zero attached hydrogens (tertiary/aromatic N) is 2. The van der Waals surface area contributed by atoms with E-state index in [1.54, 1.807) is 24.3 Å². The number of fused-ring (bicyclic) bond motifs is 1. The minimum absolute atomic E-state index is 0.0476. The van der Waals surface area contributed by atoms with Gasteiger partial charge in [-0.15, -0.1) is 0 Å². The Bertz CT molecular complexity index is 770. The normalized spacial score (nSPS) is 20.0. The maximum absolute atomic E-state index is 12.4. The number of carbonyl (C=O) groups excluding carboxylic acids is 1. The van der Waals surface area contributed by atoms with E-state index in [4.69, 9.17) is 16.3 Å². The van der Waals surface area contributed by atoms with Crippen molar-refractivity contribution in [2.75, 3.05) is 32.8 Å². The predicted molar refractivity (Wildman–Crippen MR) is 103 cm³/mol. The van der Waals surface area contributed by atoms with Gasteiger partial charge in [0.2, 0.25) is 0 Å². The molecule has 5 heteroatoms. The van der Waals surface area contributed by atoms with Gasteiger partial charge in [-0.3, -0.25) is 9.69 Å². The van der Waals surface area contributed by atoms with Crippen molar-refractivity contribution in [1.82, 2.24) is 9.80 Å². The van der Waals surface area contributed by atoms with Crippen molar-refractivity contribution in [3.8, 4) is 5.75 Å². The molecular formula is C21H23ClN2O2. The summed E-state index contributed by atoms with van der Waals surface area (Å²) in [5.74, 6) is 0.718. The Morgan fingerprint density at radius 2 is 1.77 bits per heavy atom.